The molecule has 0 saturated carbocycles. The van der Waals surface area contributed by atoms with E-state index in [2.05, 4.69) is 4.74 Å². The molecular weight excluding hydrogens is 285 g/mol. The van der Waals surface area contributed by atoms with Crippen molar-refractivity contribution in [1.82, 2.24) is 0 Å². The molecule has 0 radical (unpaired) electrons. The molecule has 110 valence electrons. The Morgan fingerprint density at radius 3 is 2.38 bits per heavy atom. The van der Waals surface area contributed by atoms with Crippen LogP contribution in [0.3, 0.4) is 0 Å². The van der Waals surface area contributed by atoms with Crippen LogP contribution in [0.4, 0.5) is 13.2 Å². The lowest BCUT2D eigenvalue weighted by atomic mass is 9.97. The normalized spacial score (nSPS) is 11.2. The number of aromatic carboxylic acids is 1. The summed E-state index contributed by atoms with van der Waals surface area (Å²) in [5, 5.41) is 9.18. The summed E-state index contributed by atoms with van der Waals surface area (Å²) in [7, 11) is 0. The number of carbonyl (C=O) groups is 1. The number of halogens is 3. The number of ether oxygens (including phenoxy) is 1. The van der Waals surface area contributed by atoms with Crippen LogP contribution >= 0.6 is 0 Å². The van der Waals surface area contributed by atoms with Crippen LogP contribution in [0.25, 0.3) is 11.1 Å². The Hall–Kier alpha value is -2.50. The molecule has 0 fully saturated rings. The van der Waals surface area contributed by atoms with Crippen LogP contribution in [0.1, 0.15) is 15.9 Å². The molecule has 0 aliphatic carbocycles. The molecule has 0 saturated heterocycles. The molecular formula is C15H11F3O3. The van der Waals surface area contributed by atoms with Gasteiger partial charge in [-0.25, -0.2) is 4.79 Å². The van der Waals surface area contributed by atoms with Gasteiger partial charge in [0.25, 0.3) is 0 Å². The maximum atomic E-state index is 12.4. The fraction of sp³-hybridized carbons (Fsp3) is 0.133. The molecule has 0 aliphatic heterocycles. The second-order valence-corrected chi connectivity index (χ2v) is 4.40. The summed E-state index contributed by atoms with van der Waals surface area (Å²) in [6.07, 6.45) is -4.84. The molecule has 6 heteroatoms. The fourth-order valence-electron chi connectivity index (χ4n) is 1.97. The first-order valence-corrected chi connectivity index (χ1v) is 5.97. The monoisotopic (exact) mass is 296 g/mol. The van der Waals surface area contributed by atoms with Crippen LogP contribution in [0.5, 0.6) is 5.75 Å². The Balaban J connectivity index is 2.62. The van der Waals surface area contributed by atoms with Gasteiger partial charge in [0.15, 0.2) is 0 Å². The van der Waals surface area contributed by atoms with Gasteiger partial charge in [-0.3, -0.25) is 0 Å². The minimum atomic E-state index is -4.84. The zero-order chi connectivity index (χ0) is 15.6. The van der Waals surface area contributed by atoms with E-state index < -0.39 is 18.1 Å². The topological polar surface area (TPSA) is 46.5 Å². The first-order chi connectivity index (χ1) is 9.78. The van der Waals surface area contributed by atoms with Gasteiger partial charge in [-0.2, -0.15) is 0 Å². The Morgan fingerprint density at radius 1 is 1.10 bits per heavy atom. The minimum Gasteiger partial charge on any atom is -0.478 e. The summed E-state index contributed by atoms with van der Waals surface area (Å²) < 4.78 is 41.3. The van der Waals surface area contributed by atoms with E-state index in [1.165, 1.54) is 30.3 Å². The second-order valence-electron chi connectivity index (χ2n) is 4.40. The first kappa shape index (κ1) is 14.9. The maximum Gasteiger partial charge on any atom is 0.573 e. The smallest absolute Gasteiger partial charge is 0.478 e. The minimum absolute atomic E-state index is 0.0796. The molecule has 21 heavy (non-hydrogen) atoms. The summed E-state index contributed by atoms with van der Waals surface area (Å²) >= 11 is 0. The SMILES string of the molecule is Cc1ccc(C(=O)O)c(-c2ccccc2OC(F)(F)F)c1. The maximum absolute atomic E-state index is 12.4. The molecule has 2 aromatic carbocycles. The van der Waals surface area contributed by atoms with E-state index in [-0.39, 0.29) is 16.7 Å². The third kappa shape index (κ3) is 3.53. The Morgan fingerprint density at radius 2 is 1.76 bits per heavy atom. The van der Waals surface area contributed by atoms with Gasteiger partial charge in [0.1, 0.15) is 5.75 Å². The number of aryl methyl sites for hydroxylation is 1. The van der Waals surface area contributed by atoms with E-state index in [1.807, 2.05) is 0 Å². The van der Waals surface area contributed by atoms with E-state index >= 15 is 0 Å². The van der Waals surface area contributed by atoms with Crippen molar-refractivity contribution < 1.29 is 27.8 Å². The molecule has 0 spiro atoms. The van der Waals surface area contributed by atoms with Gasteiger partial charge in [0, 0.05) is 11.1 Å². The second kappa shape index (κ2) is 5.47. The number of hydrogen-bond donors (Lipinski definition) is 1. The van der Waals surface area contributed by atoms with Crippen LogP contribution in [0.2, 0.25) is 0 Å². The largest absolute Gasteiger partial charge is 0.573 e. The van der Waals surface area contributed by atoms with Crippen molar-refractivity contribution in [1.29, 1.82) is 0 Å². The summed E-state index contributed by atoms with van der Waals surface area (Å²) in [5.41, 5.74) is 0.911. The van der Waals surface area contributed by atoms with E-state index in [1.54, 1.807) is 13.0 Å². The van der Waals surface area contributed by atoms with Crippen LogP contribution in [-0.4, -0.2) is 17.4 Å². The molecule has 2 aromatic rings. The number of hydrogen-bond acceptors (Lipinski definition) is 2. The number of para-hydroxylation sites is 1. The number of carboxylic acid groups (broad SMARTS) is 1. The quantitative estimate of drug-likeness (QED) is 0.920. The lowest BCUT2D eigenvalue weighted by Gasteiger charge is -2.15. The third-order valence-corrected chi connectivity index (χ3v) is 2.81. The van der Waals surface area contributed by atoms with Gasteiger partial charge in [0.05, 0.1) is 5.56 Å². The van der Waals surface area contributed by atoms with E-state index in [4.69, 9.17) is 0 Å². The molecule has 0 amide bonds. The van der Waals surface area contributed by atoms with Crippen molar-refractivity contribution >= 4 is 5.97 Å². The zero-order valence-corrected chi connectivity index (χ0v) is 10.9. The highest BCUT2D eigenvalue weighted by Gasteiger charge is 2.32. The van der Waals surface area contributed by atoms with Gasteiger partial charge in [-0.15, -0.1) is 13.2 Å². The average molecular weight is 296 g/mol. The summed E-state index contributed by atoms with van der Waals surface area (Å²) in [4.78, 5) is 11.2. The summed E-state index contributed by atoms with van der Waals surface area (Å²) in [6.45, 7) is 1.72. The fourth-order valence-corrected chi connectivity index (χ4v) is 1.97. The molecule has 3 nitrogen and oxygen atoms in total. The molecule has 1 N–H and O–H groups in total. The van der Waals surface area contributed by atoms with Gasteiger partial charge in [-0.05, 0) is 19.1 Å². The molecule has 0 atom stereocenters. The highest BCUT2D eigenvalue weighted by molar-refractivity contribution is 5.97. The third-order valence-electron chi connectivity index (χ3n) is 2.81. The van der Waals surface area contributed by atoms with Crippen LogP contribution in [0.15, 0.2) is 42.5 Å². The van der Waals surface area contributed by atoms with Crippen molar-refractivity contribution in [3.8, 4) is 16.9 Å². The van der Waals surface area contributed by atoms with E-state index in [0.717, 1.165) is 11.6 Å². The lowest BCUT2D eigenvalue weighted by Crippen LogP contribution is -2.17. The average Bonchev–Trinajstić information content (AvgIpc) is 2.37. The number of carboxylic acids is 1. The molecule has 0 bridgehead atoms. The standard InChI is InChI=1S/C15H11F3O3/c1-9-6-7-11(14(19)20)12(8-9)10-4-2-3-5-13(10)21-15(16,17)18/h2-8H,1H3,(H,19,20). The van der Waals surface area contributed by atoms with Gasteiger partial charge < -0.3 is 9.84 Å². The van der Waals surface area contributed by atoms with Crippen molar-refractivity contribution in [3.05, 3.63) is 53.6 Å². The molecule has 0 unspecified atom stereocenters. The molecule has 2 rings (SSSR count). The van der Waals surface area contributed by atoms with E-state index in [9.17, 15) is 23.1 Å². The lowest BCUT2D eigenvalue weighted by molar-refractivity contribution is -0.274. The van der Waals surface area contributed by atoms with Crippen LogP contribution in [0, 0.1) is 6.92 Å². The van der Waals surface area contributed by atoms with Crippen molar-refractivity contribution in [3.63, 3.8) is 0 Å². The van der Waals surface area contributed by atoms with Crippen LogP contribution < -0.4 is 4.74 Å². The highest BCUT2D eigenvalue weighted by atomic mass is 19.4. The predicted octanol–water partition coefficient (Wildman–Crippen LogP) is 4.26. The van der Waals surface area contributed by atoms with E-state index in [0.29, 0.717) is 0 Å². The number of alkyl halides is 3. The van der Waals surface area contributed by atoms with Crippen molar-refractivity contribution in [2.75, 3.05) is 0 Å². The molecule has 0 aromatic heterocycles. The first-order valence-electron chi connectivity index (χ1n) is 5.97. The highest BCUT2D eigenvalue weighted by Crippen LogP contribution is 2.35. The summed E-state index contributed by atoms with van der Waals surface area (Å²) in [5.74, 6) is -1.65. The van der Waals surface area contributed by atoms with Crippen molar-refractivity contribution in [2.24, 2.45) is 0 Å². The number of benzene rings is 2. The van der Waals surface area contributed by atoms with Gasteiger partial charge in [0.2, 0.25) is 0 Å². The Kier molecular flexibility index (Phi) is 3.88. The van der Waals surface area contributed by atoms with Gasteiger partial charge in [-0.1, -0.05) is 35.9 Å². The van der Waals surface area contributed by atoms with Crippen molar-refractivity contribution in [2.45, 2.75) is 13.3 Å². The molecule has 0 heterocycles. The summed E-state index contributed by atoms with van der Waals surface area (Å²) in [6, 6.07) is 9.91. The predicted molar refractivity (Wildman–Crippen MR) is 70.3 cm³/mol. The van der Waals surface area contributed by atoms with Gasteiger partial charge >= 0.3 is 12.3 Å². The van der Waals surface area contributed by atoms with Crippen LogP contribution in [-0.2, 0) is 0 Å². The molecule has 0 aliphatic rings. The number of rotatable bonds is 3. The Bertz CT molecular complexity index is 678. The Labute approximate surface area is 118 Å². The zero-order valence-electron chi connectivity index (χ0n) is 10.9.